The number of carboxylic acid groups (broad SMARTS) is 1. The van der Waals surface area contributed by atoms with E-state index in [9.17, 15) is 9.59 Å². The van der Waals surface area contributed by atoms with Gasteiger partial charge in [-0.15, -0.1) is 0 Å². The Kier molecular flexibility index (Phi) is 8.83. The van der Waals surface area contributed by atoms with Gasteiger partial charge in [0.15, 0.2) is 0 Å². The van der Waals surface area contributed by atoms with E-state index in [0.29, 0.717) is 13.1 Å². The Balaban J connectivity index is 2.43. The predicted octanol–water partition coefficient (Wildman–Crippen LogP) is 5.03. The smallest absolute Gasteiger partial charge is 0.303 e. The summed E-state index contributed by atoms with van der Waals surface area (Å²) in [4.78, 5) is 21.2. The van der Waals surface area contributed by atoms with E-state index in [0.717, 1.165) is 38.5 Å². The highest BCUT2D eigenvalue weighted by molar-refractivity contribution is 5.67. The summed E-state index contributed by atoms with van der Waals surface area (Å²) in [5.41, 5.74) is 2.50. The lowest BCUT2D eigenvalue weighted by Gasteiger charge is -2.23. The first-order valence-corrected chi connectivity index (χ1v) is 9.48. The van der Waals surface area contributed by atoms with Gasteiger partial charge in [0.1, 0.15) is 0 Å². The Hall–Kier alpha value is -1.84. The van der Waals surface area contributed by atoms with Gasteiger partial charge < -0.3 is 9.84 Å². The van der Waals surface area contributed by atoms with E-state index in [1.807, 2.05) is 13.8 Å². The number of aryl methyl sites for hydroxylation is 2. The number of benzene rings is 1. The fourth-order valence-corrected chi connectivity index (χ4v) is 3.31. The molecule has 1 rings (SSSR count). The summed E-state index contributed by atoms with van der Waals surface area (Å²) >= 11 is 0. The maximum atomic E-state index is 10.9. The van der Waals surface area contributed by atoms with Crippen LogP contribution < -0.4 is 0 Å². The first-order valence-electron chi connectivity index (χ1n) is 9.48. The first-order chi connectivity index (χ1) is 12.1. The maximum Gasteiger partial charge on any atom is 0.303 e. The predicted molar refractivity (Wildman–Crippen MR) is 104 cm³/mol. The molecule has 0 amide bonds. The molecule has 0 aromatic heterocycles. The SMILES string of the molecule is CC(C)(CCCc1cccc(CCCC(C)(C)CC(=O)O)c1)COC=O. The Labute approximate surface area is 158 Å². The van der Waals surface area contributed by atoms with E-state index >= 15 is 0 Å². The van der Waals surface area contributed by atoms with Crippen LogP contribution in [-0.4, -0.2) is 24.2 Å². The largest absolute Gasteiger partial charge is 0.481 e. The molecule has 0 fully saturated rings. The molecular formula is C22H34O4. The molecule has 0 spiro atoms. The van der Waals surface area contributed by atoms with Crippen LogP contribution >= 0.6 is 0 Å². The number of hydrogen-bond donors (Lipinski definition) is 1. The van der Waals surface area contributed by atoms with Gasteiger partial charge in [-0.05, 0) is 60.5 Å². The summed E-state index contributed by atoms with van der Waals surface area (Å²) in [5.74, 6) is -0.724. The summed E-state index contributed by atoms with van der Waals surface area (Å²) in [7, 11) is 0. The van der Waals surface area contributed by atoms with Crippen LogP contribution in [0.15, 0.2) is 24.3 Å². The van der Waals surface area contributed by atoms with Gasteiger partial charge in [-0.25, -0.2) is 0 Å². The molecule has 4 heteroatoms. The number of carboxylic acids is 1. The van der Waals surface area contributed by atoms with Gasteiger partial charge in [-0.1, -0.05) is 52.0 Å². The number of carbonyl (C=O) groups is 2. The highest BCUT2D eigenvalue weighted by Crippen LogP contribution is 2.28. The normalized spacial score (nSPS) is 12.0. The van der Waals surface area contributed by atoms with Crippen molar-refractivity contribution in [3.05, 3.63) is 35.4 Å². The Morgan fingerprint density at radius 1 is 1.04 bits per heavy atom. The molecule has 0 aliphatic rings. The van der Waals surface area contributed by atoms with Crippen molar-refractivity contribution in [1.29, 1.82) is 0 Å². The van der Waals surface area contributed by atoms with Crippen molar-refractivity contribution in [2.24, 2.45) is 10.8 Å². The fraction of sp³-hybridized carbons (Fsp3) is 0.636. The zero-order chi connectivity index (χ0) is 19.6. The molecular weight excluding hydrogens is 328 g/mol. The van der Waals surface area contributed by atoms with E-state index in [2.05, 4.69) is 38.1 Å². The van der Waals surface area contributed by atoms with Crippen LogP contribution in [0.25, 0.3) is 0 Å². The van der Waals surface area contributed by atoms with Crippen LogP contribution in [0.4, 0.5) is 0 Å². The van der Waals surface area contributed by atoms with Gasteiger partial charge in [0.05, 0.1) is 13.0 Å². The van der Waals surface area contributed by atoms with Crippen LogP contribution in [0.2, 0.25) is 0 Å². The number of aliphatic carboxylic acids is 1. The van der Waals surface area contributed by atoms with E-state index < -0.39 is 5.97 Å². The maximum absolute atomic E-state index is 10.9. The van der Waals surface area contributed by atoms with E-state index in [1.165, 1.54) is 11.1 Å². The third-order valence-corrected chi connectivity index (χ3v) is 4.80. The molecule has 146 valence electrons. The van der Waals surface area contributed by atoms with Gasteiger partial charge >= 0.3 is 5.97 Å². The standard InChI is InChI=1S/C22H34O4/c1-21(2,15-20(24)25)12-6-10-18-8-5-9-19(14-18)11-7-13-22(3,4)16-26-17-23/h5,8-9,14,17H,6-7,10-13,15-16H2,1-4H3,(H,24,25). The van der Waals surface area contributed by atoms with Crippen LogP contribution in [0, 0.1) is 10.8 Å². The molecule has 0 aliphatic heterocycles. The third-order valence-electron chi connectivity index (χ3n) is 4.80. The lowest BCUT2D eigenvalue weighted by atomic mass is 9.83. The summed E-state index contributed by atoms with van der Waals surface area (Å²) in [5, 5.41) is 8.96. The molecule has 0 bridgehead atoms. The molecule has 0 radical (unpaired) electrons. The quantitative estimate of drug-likeness (QED) is 0.500. The summed E-state index contributed by atoms with van der Waals surface area (Å²) in [6, 6.07) is 8.68. The summed E-state index contributed by atoms with van der Waals surface area (Å²) in [6.07, 6.45) is 6.20. The van der Waals surface area contributed by atoms with E-state index in [1.54, 1.807) is 0 Å². The van der Waals surface area contributed by atoms with E-state index in [-0.39, 0.29) is 17.3 Å². The second-order valence-corrected chi connectivity index (χ2v) is 8.83. The molecule has 1 N–H and O–H groups in total. The highest BCUT2D eigenvalue weighted by atomic mass is 16.5. The average Bonchev–Trinajstić information content (AvgIpc) is 2.52. The molecule has 4 nitrogen and oxygen atoms in total. The number of rotatable bonds is 13. The van der Waals surface area contributed by atoms with Crippen molar-refractivity contribution in [2.75, 3.05) is 6.61 Å². The zero-order valence-electron chi connectivity index (χ0n) is 16.7. The van der Waals surface area contributed by atoms with Crippen LogP contribution in [0.3, 0.4) is 0 Å². The lowest BCUT2D eigenvalue weighted by Crippen LogP contribution is -2.19. The second-order valence-electron chi connectivity index (χ2n) is 8.83. The van der Waals surface area contributed by atoms with Crippen molar-refractivity contribution in [3.63, 3.8) is 0 Å². The topological polar surface area (TPSA) is 63.6 Å². The molecule has 0 saturated carbocycles. The van der Waals surface area contributed by atoms with Gasteiger partial charge in [-0.3, -0.25) is 9.59 Å². The second kappa shape index (κ2) is 10.3. The number of ether oxygens (including phenoxy) is 1. The van der Waals surface area contributed by atoms with Gasteiger partial charge in [0, 0.05) is 0 Å². The van der Waals surface area contributed by atoms with Crippen LogP contribution in [0.1, 0.15) is 70.9 Å². The molecule has 0 saturated heterocycles. The van der Waals surface area contributed by atoms with Crippen LogP contribution in [-0.2, 0) is 27.2 Å². The first kappa shape index (κ1) is 22.2. The minimum atomic E-state index is -0.724. The van der Waals surface area contributed by atoms with Crippen molar-refractivity contribution in [3.8, 4) is 0 Å². The zero-order valence-corrected chi connectivity index (χ0v) is 16.7. The van der Waals surface area contributed by atoms with Crippen molar-refractivity contribution in [1.82, 2.24) is 0 Å². The van der Waals surface area contributed by atoms with Crippen molar-refractivity contribution >= 4 is 12.4 Å². The summed E-state index contributed by atoms with van der Waals surface area (Å²) < 4.78 is 4.90. The Morgan fingerprint density at radius 3 is 2.08 bits per heavy atom. The monoisotopic (exact) mass is 362 g/mol. The molecule has 0 aliphatic carbocycles. The number of hydrogen-bond acceptors (Lipinski definition) is 3. The van der Waals surface area contributed by atoms with Gasteiger partial charge in [-0.2, -0.15) is 0 Å². The average molecular weight is 363 g/mol. The van der Waals surface area contributed by atoms with E-state index in [4.69, 9.17) is 9.84 Å². The molecule has 1 aromatic carbocycles. The third kappa shape index (κ3) is 9.59. The van der Waals surface area contributed by atoms with Crippen molar-refractivity contribution < 1.29 is 19.4 Å². The number of carbonyl (C=O) groups excluding carboxylic acids is 1. The molecule has 0 atom stereocenters. The van der Waals surface area contributed by atoms with Gasteiger partial charge in [0.25, 0.3) is 6.47 Å². The molecule has 0 heterocycles. The van der Waals surface area contributed by atoms with Crippen molar-refractivity contribution in [2.45, 2.75) is 72.6 Å². The summed E-state index contributed by atoms with van der Waals surface area (Å²) in [6.45, 7) is 9.25. The minimum absolute atomic E-state index is 0.00818. The fourth-order valence-electron chi connectivity index (χ4n) is 3.31. The van der Waals surface area contributed by atoms with Gasteiger partial charge in [0.2, 0.25) is 0 Å². The highest BCUT2D eigenvalue weighted by Gasteiger charge is 2.21. The van der Waals surface area contributed by atoms with Crippen LogP contribution in [0.5, 0.6) is 0 Å². The molecule has 26 heavy (non-hydrogen) atoms. The minimum Gasteiger partial charge on any atom is -0.481 e. The lowest BCUT2D eigenvalue weighted by molar-refractivity contribution is -0.139. The molecule has 1 aromatic rings. The molecule has 0 unspecified atom stereocenters. The Bertz CT molecular complexity index is 575. The Morgan fingerprint density at radius 2 is 1.58 bits per heavy atom.